The fraction of sp³-hybridized carbons (Fsp3) is 0.143. The summed E-state index contributed by atoms with van der Waals surface area (Å²) in [6, 6.07) is 14.0. The first-order chi connectivity index (χ1) is 12.2. The molecule has 25 heavy (non-hydrogen) atoms. The Morgan fingerprint density at radius 3 is 2.28 bits per heavy atom. The Bertz CT molecular complexity index is 1180. The van der Waals surface area contributed by atoms with Crippen molar-refractivity contribution in [2.24, 2.45) is 0 Å². The van der Waals surface area contributed by atoms with Gasteiger partial charge in [-0.1, -0.05) is 24.3 Å². The van der Waals surface area contributed by atoms with E-state index in [1.165, 1.54) is 0 Å². The number of phenolic OH excluding ortho intramolecular Hbond substituents is 1. The van der Waals surface area contributed by atoms with Gasteiger partial charge in [-0.3, -0.25) is 0 Å². The molecule has 0 saturated carbocycles. The second-order valence-corrected chi connectivity index (χ2v) is 6.29. The van der Waals surface area contributed by atoms with Crippen LogP contribution >= 0.6 is 0 Å². The van der Waals surface area contributed by atoms with Gasteiger partial charge in [0.1, 0.15) is 0 Å². The minimum absolute atomic E-state index is 0.166. The van der Waals surface area contributed by atoms with Crippen LogP contribution in [-0.4, -0.2) is 19.0 Å². The molecule has 5 rings (SSSR count). The molecule has 1 aliphatic rings. The first kappa shape index (κ1) is 14.2. The van der Waals surface area contributed by atoms with E-state index in [0.717, 1.165) is 49.4 Å². The molecule has 0 amide bonds. The molecule has 0 spiro atoms. The summed E-state index contributed by atoms with van der Waals surface area (Å²) in [5.74, 6) is 2.16. The summed E-state index contributed by atoms with van der Waals surface area (Å²) in [6.07, 6.45) is 0. The summed E-state index contributed by atoms with van der Waals surface area (Å²) in [5.41, 5.74) is 1.06. The number of ether oxygens (including phenoxy) is 3. The number of benzene rings is 4. The van der Waals surface area contributed by atoms with E-state index in [9.17, 15) is 5.11 Å². The standard InChI is InChI=1S/C21H16O4/c1-11-7-16-19(15-9-18-17(8-14(11)15)24-10-25-18)12-5-3-4-6-13(12)21(23-2)20(16)22/h3-9,22H,10H2,1-2H3. The molecule has 0 aromatic heterocycles. The van der Waals surface area contributed by atoms with Crippen LogP contribution in [0.15, 0.2) is 42.5 Å². The van der Waals surface area contributed by atoms with Gasteiger partial charge in [0.05, 0.1) is 7.11 Å². The maximum atomic E-state index is 10.8. The van der Waals surface area contributed by atoms with Crippen molar-refractivity contribution in [1.29, 1.82) is 0 Å². The van der Waals surface area contributed by atoms with Gasteiger partial charge in [-0.25, -0.2) is 0 Å². The molecule has 124 valence electrons. The van der Waals surface area contributed by atoms with E-state index >= 15 is 0 Å². The predicted octanol–water partition coefficient (Wildman–Crippen LogP) is 4.90. The summed E-state index contributed by atoms with van der Waals surface area (Å²) in [5, 5.41) is 16.7. The number of aromatic hydroxyl groups is 1. The van der Waals surface area contributed by atoms with Crippen molar-refractivity contribution in [2.45, 2.75) is 6.92 Å². The number of rotatable bonds is 1. The van der Waals surface area contributed by atoms with Crippen LogP contribution < -0.4 is 14.2 Å². The highest BCUT2D eigenvalue weighted by Gasteiger charge is 2.20. The van der Waals surface area contributed by atoms with Crippen LogP contribution in [0.5, 0.6) is 23.0 Å². The Morgan fingerprint density at radius 1 is 0.880 bits per heavy atom. The average Bonchev–Trinajstić information content (AvgIpc) is 3.08. The highest BCUT2D eigenvalue weighted by Crippen LogP contribution is 2.48. The molecule has 0 bridgehead atoms. The lowest BCUT2D eigenvalue weighted by Crippen LogP contribution is -1.92. The van der Waals surface area contributed by atoms with Crippen LogP contribution in [0, 0.1) is 6.92 Å². The third-order valence-electron chi connectivity index (χ3n) is 4.95. The van der Waals surface area contributed by atoms with Gasteiger partial charge in [0.15, 0.2) is 23.0 Å². The number of fused-ring (bicyclic) bond motifs is 6. The predicted molar refractivity (Wildman–Crippen MR) is 98.0 cm³/mol. The number of phenols is 1. The lowest BCUT2D eigenvalue weighted by molar-refractivity contribution is 0.174. The Kier molecular flexibility index (Phi) is 2.80. The quantitative estimate of drug-likeness (QED) is 0.504. The van der Waals surface area contributed by atoms with E-state index in [1.54, 1.807) is 7.11 Å². The summed E-state index contributed by atoms with van der Waals surface area (Å²) in [4.78, 5) is 0. The maximum absolute atomic E-state index is 10.8. The van der Waals surface area contributed by atoms with Gasteiger partial charge in [0.25, 0.3) is 0 Å². The fourth-order valence-corrected chi connectivity index (χ4v) is 3.82. The van der Waals surface area contributed by atoms with E-state index < -0.39 is 0 Å². The van der Waals surface area contributed by atoms with Gasteiger partial charge in [-0.15, -0.1) is 0 Å². The molecule has 0 saturated heterocycles. The zero-order valence-electron chi connectivity index (χ0n) is 13.9. The molecule has 0 atom stereocenters. The zero-order chi connectivity index (χ0) is 17.1. The van der Waals surface area contributed by atoms with E-state index in [0.29, 0.717) is 5.75 Å². The van der Waals surface area contributed by atoms with Crippen molar-refractivity contribution in [3.63, 3.8) is 0 Å². The van der Waals surface area contributed by atoms with Crippen LogP contribution in [0.2, 0.25) is 0 Å². The zero-order valence-corrected chi connectivity index (χ0v) is 13.9. The molecule has 1 N–H and O–H groups in total. The topological polar surface area (TPSA) is 47.9 Å². The van der Waals surface area contributed by atoms with Crippen molar-refractivity contribution in [3.8, 4) is 23.0 Å². The van der Waals surface area contributed by atoms with Crippen molar-refractivity contribution in [1.82, 2.24) is 0 Å². The van der Waals surface area contributed by atoms with Gasteiger partial charge in [-0.05, 0) is 46.8 Å². The largest absolute Gasteiger partial charge is 0.504 e. The first-order valence-electron chi connectivity index (χ1n) is 8.13. The van der Waals surface area contributed by atoms with Gasteiger partial charge < -0.3 is 19.3 Å². The average molecular weight is 332 g/mol. The summed E-state index contributed by atoms with van der Waals surface area (Å²) in [6.45, 7) is 2.27. The molecule has 0 unspecified atom stereocenters. The normalized spacial score (nSPS) is 13.0. The number of aryl methyl sites for hydroxylation is 1. The molecular weight excluding hydrogens is 316 g/mol. The van der Waals surface area contributed by atoms with Crippen LogP contribution in [0.25, 0.3) is 32.3 Å². The van der Waals surface area contributed by atoms with E-state index in [2.05, 4.69) is 6.07 Å². The number of hydrogen-bond acceptors (Lipinski definition) is 4. The third-order valence-corrected chi connectivity index (χ3v) is 4.95. The van der Waals surface area contributed by atoms with Gasteiger partial charge >= 0.3 is 0 Å². The molecule has 0 fully saturated rings. The Morgan fingerprint density at radius 2 is 1.56 bits per heavy atom. The summed E-state index contributed by atoms with van der Waals surface area (Å²) < 4.78 is 16.6. The molecule has 0 radical (unpaired) electrons. The SMILES string of the molecule is COc1c(O)c2cc(C)c3cc4c(cc3c2c2ccccc12)OCO4. The second-order valence-electron chi connectivity index (χ2n) is 6.29. The summed E-state index contributed by atoms with van der Waals surface area (Å²) >= 11 is 0. The van der Waals surface area contributed by atoms with Crippen molar-refractivity contribution < 1.29 is 19.3 Å². The first-order valence-corrected chi connectivity index (χ1v) is 8.13. The highest BCUT2D eigenvalue weighted by atomic mass is 16.7. The Hall–Kier alpha value is -3.14. The van der Waals surface area contributed by atoms with Gasteiger partial charge in [0, 0.05) is 16.2 Å². The van der Waals surface area contributed by atoms with E-state index in [4.69, 9.17) is 14.2 Å². The molecule has 1 aliphatic heterocycles. The van der Waals surface area contributed by atoms with Crippen molar-refractivity contribution in [3.05, 3.63) is 48.0 Å². The van der Waals surface area contributed by atoms with Crippen molar-refractivity contribution >= 4 is 32.3 Å². The molecule has 4 aromatic rings. The molecular formula is C21H16O4. The maximum Gasteiger partial charge on any atom is 0.231 e. The van der Waals surface area contributed by atoms with Gasteiger partial charge in [-0.2, -0.15) is 0 Å². The Labute approximate surface area is 144 Å². The summed E-state index contributed by atoms with van der Waals surface area (Å²) in [7, 11) is 1.58. The lowest BCUT2D eigenvalue weighted by atomic mass is 9.92. The highest BCUT2D eigenvalue weighted by molar-refractivity contribution is 6.24. The molecule has 4 nitrogen and oxygen atoms in total. The minimum atomic E-state index is 0.166. The van der Waals surface area contributed by atoms with Gasteiger partial charge in [0.2, 0.25) is 6.79 Å². The second kappa shape index (κ2) is 4.93. The number of hydrogen-bond donors (Lipinski definition) is 1. The minimum Gasteiger partial charge on any atom is -0.504 e. The molecule has 0 aliphatic carbocycles. The monoisotopic (exact) mass is 332 g/mol. The molecule has 1 heterocycles. The van der Waals surface area contributed by atoms with E-state index in [-0.39, 0.29) is 12.5 Å². The molecule has 4 aromatic carbocycles. The third kappa shape index (κ3) is 1.82. The fourth-order valence-electron chi connectivity index (χ4n) is 3.82. The molecule has 4 heteroatoms. The number of methoxy groups -OCH3 is 1. The van der Waals surface area contributed by atoms with Crippen LogP contribution in [-0.2, 0) is 0 Å². The lowest BCUT2D eigenvalue weighted by Gasteiger charge is -2.16. The van der Waals surface area contributed by atoms with Crippen LogP contribution in [0.3, 0.4) is 0 Å². The smallest absolute Gasteiger partial charge is 0.231 e. The Balaban J connectivity index is 2.09. The van der Waals surface area contributed by atoms with E-state index in [1.807, 2.05) is 43.3 Å². The van der Waals surface area contributed by atoms with Crippen LogP contribution in [0.1, 0.15) is 5.56 Å². The van der Waals surface area contributed by atoms with Crippen LogP contribution in [0.4, 0.5) is 0 Å². The van der Waals surface area contributed by atoms with Crippen molar-refractivity contribution in [2.75, 3.05) is 13.9 Å².